The molecule has 0 aliphatic heterocycles. The van der Waals surface area contributed by atoms with Crippen LogP contribution in [0.15, 0.2) is 96.2 Å². The topological polar surface area (TPSA) is 0 Å². The molecule has 1 fully saturated rings. The van der Waals surface area contributed by atoms with E-state index >= 15 is 0 Å². The molecule has 0 N–H and O–H groups in total. The summed E-state index contributed by atoms with van der Waals surface area (Å²) in [5.41, 5.74) is 10.1. The smallest absolute Gasteiger partial charge is 0.0406 e. The SMILES string of the molecule is CC1(C)C(=C=C(c2ccccc2)c2ccccc2)C1c1ccc(Cl)cc1. The second-order valence-corrected chi connectivity index (χ2v) is 7.79. The van der Waals surface area contributed by atoms with Gasteiger partial charge in [-0.15, -0.1) is 5.73 Å². The normalized spacial score (nSPS) is 17.5. The number of hydrogen-bond acceptors (Lipinski definition) is 0. The molecule has 0 aromatic heterocycles. The minimum Gasteiger partial charge on any atom is -0.111 e. The fourth-order valence-electron chi connectivity index (χ4n) is 3.67. The third-order valence-corrected chi connectivity index (χ3v) is 5.46. The molecule has 128 valence electrons. The zero-order chi connectivity index (χ0) is 18.1. The summed E-state index contributed by atoms with van der Waals surface area (Å²) in [6.07, 6.45) is 0. The maximum absolute atomic E-state index is 6.06. The lowest BCUT2D eigenvalue weighted by molar-refractivity contribution is 0.642. The van der Waals surface area contributed by atoms with Gasteiger partial charge in [-0.05, 0) is 34.4 Å². The molecule has 0 heterocycles. The Morgan fingerprint density at radius 2 is 1.27 bits per heavy atom. The van der Waals surface area contributed by atoms with Gasteiger partial charge in [0.05, 0.1) is 0 Å². The monoisotopic (exact) mass is 356 g/mol. The Morgan fingerprint density at radius 1 is 0.769 bits per heavy atom. The molecule has 0 radical (unpaired) electrons. The first-order valence-corrected chi connectivity index (χ1v) is 9.33. The second-order valence-electron chi connectivity index (χ2n) is 7.35. The molecule has 3 aromatic rings. The highest BCUT2D eigenvalue weighted by molar-refractivity contribution is 6.30. The van der Waals surface area contributed by atoms with Crippen molar-refractivity contribution in [2.45, 2.75) is 19.8 Å². The Balaban J connectivity index is 1.87. The lowest BCUT2D eigenvalue weighted by Gasteiger charge is -2.05. The van der Waals surface area contributed by atoms with Crippen LogP contribution in [0, 0.1) is 5.41 Å². The summed E-state index contributed by atoms with van der Waals surface area (Å²) in [5.74, 6) is 0.391. The van der Waals surface area contributed by atoms with E-state index in [1.54, 1.807) is 0 Å². The predicted octanol–water partition coefficient (Wildman–Crippen LogP) is 7.12. The minimum absolute atomic E-state index is 0.114. The zero-order valence-electron chi connectivity index (χ0n) is 15.0. The van der Waals surface area contributed by atoms with Crippen molar-refractivity contribution in [3.05, 3.63) is 118 Å². The fourth-order valence-corrected chi connectivity index (χ4v) is 3.80. The number of rotatable bonds is 3. The van der Waals surface area contributed by atoms with Gasteiger partial charge in [-0.25, -0.2) is 0 Å². The summed E-state index contributed by atoms with van der Waals surface area (Å²) < 4.78 is 0. The van der Waals surface area contributed by atoms with E-state index in [0.717, 1.165) is 10.6 Å². The van der Waals surface area contributed by atoms with E-state index in [1.807, 2.05) is 12.1 Å². The van der Waals surface area contributed by atoms with Crippen LogP contribution in [0.3, 0.4) is 0 Å². The summed E-state index contributed by atoms with van der Waals surface area (Å²) in [6.45, 7) is 4.59. The van der Waals surface area contributed by atoms with Crippen LogP contribution in [0.25, 0.3) is 5.57 Å². The van der Waals surface area contributed by atoms with Gasteiger partial charge < -0.3 is 0 Å². The van der Waals surface area contributed by atoms with Crippen molar-refractivity contribution >= 4 is 17.2 Å². The molecule has 1 saturated carbocycles. The van der Waals surface area contributed by atoms with Gasteiger partial charge in [0.25, 0.3) is 0 Å². The van der Waals surface area contributed by atoms with E-state index in [1.165, 1.54) is 22.3 Å². The van der Waals surface area contributed by atoms with Gasteiger partial charge in [0.15, 0.2) is 0 Å². The highest BCUT2D eigenvalue weighted by atomic mass is 35.5. The van der Waals surface area contributed by atoms with Gasteiger partial charge >= 0.3 is 0 Å². The Labute approximate surface area is 160 Å². The lowest BCUT2D eigenvalue weighted by atomic mass is 9.98. The van der Waals surface area contributed by atoms with Crippen molar-refractivity contribution in [2.75, 3.05) is 0 Å². The third kappa shape index (κ3) is 3.15. The van der Waals surface area contributed by atoms with Crippen LogP contribution in [0.5, 0.6) is 0 Å². The lowest BCUT2D eigenvalue weighted by Crippen LogP contribution is -1.89. The van der Waals surface area contributed by atoms with Gasteiger partial charge in [-0.3, -0.25) is 0 Å². The molecule has 0 nitrogen and oxygen atoms in total. The van der Waals surface area contributed by atoms with Crippen molar-refractivity contribution in [3.63, 3.8) is 0 Å². The molecule has 0 spiro atoms. The average Bonchev–Trinajstić information content (AvgIpc) is 3.22. The van der Waals surface area contributed by atoms with Crippen molar-refractivity contribution < 1.29 is 0 Å². The van der Waals surface area contributed by atoms with Gasteiger partial charge in [0, 0.05) is 21.9 Å². The van der Waals surface area contributed by atoms with Crippen LogP contribution in [0.2, 0.25) is 5.02 Å². The molecular weight excluding hydrogens is 336 g/mol. The summed E-state index contributed by atoms with van der Waals surface area (Å²) in [7, 11) is 0. The van der Waals surface area contributed by atoms with Crippen LogP contribution >= 0.6 is 11.6 Å². The summed E-state index contributed by atoms with van der Waals surface area (Å²) in [5, 5.41) is 0.780. The molecule has 0 bridgehead atoms. The van der Waals surface area contributed by atoms with Crippen LogP contribution in [-0.4, -0.2) is 0 Å². The van der Waals surface area contributed by atoms with Crippen LogP contribution in [-0.2, 0) is 0 Å². The third-order valence-electron chi connectivity index (χ3n) is 5.21. The van der Waals surface area contributed by atoms with E-state index in [2.05, 4.69) is 92.4 Å². The van der Waals surface area contributed by atoms with Crippen molar-refractivity contribution in [2.24, 2.45) is 5.41 Å². The number of allylic oxidation sites excluding steroid dienone is 1. The van der Waals surface area contributed by atoms with Crippen LogP contribution < -0.4 is 0 Å². The first-order chi connectivity index (χ1) is 12.6. The minimum atomic E-state index is 0.114. The van der Waals surface area contributed by atoms with Crippen molar-refractivity contribution in [1.82, 2.24) is 0 Å². The van der Waals surface area contributed by atoms with E-state index in [-0.39, 0.29) is 5.41 Å². The highest BCUT2D eigenvalue weighted by Gasteiger charge is 2.53. The Morgan fingerprint density at radius 3 is 1.77 bits per heavy atom. The molecule has 0 amide bonds. The molecule has 1 aliphatic carbocycles. The molecule has 26 heavy (non-hydrogen) atoms. The molecule has 1 heteroatoms. The summed E-state index contributed by atoms with van der Waals surface area (Å²) in [6, 6.07) is 29.3. The Kier molecular flexibility index (Phi) is 4.32. The van der Waals surface area contributed by atoms with Gasteiger partial charge in [-0.2, -0.15) is 0 Å². The number of benzene rings is 3. The van der Waals surface area contributed by atoms with Gasteiger partial charge in [-0.1, -0.05) is 98.2 Å². The summed E-state index contributed by atoms with van der Waals surface area (Å²) in [4.78, 5) is 0. The molecule has 4 rings (SSSR count). The number of halogens is 1. The zero-order valence-corrected chi connectivity index (χ0v) is 15.8. The first-order valence-electron chi connectivity index (χ1n) is 8.95. The van der Waals surface area contributed by atoms with E-state index in [0.29, 0.717) is 5.92 Å². The van der Waals surface area contributed by atoms with E-state index < -0.39 is 0 Å². The average molecular weight is 357 g/mol. The van der Waals surface area contributed by atoms with E-state index in [4.69, 9.17) is 11.6 Å². The standard InChI is InChI=1S/C25H21Cl/c1-25(2)23(24(25)20-13-15-21(26)16-14-20)17-22(18-9-5-3-6-10-18)19-11-7-4-8-12-19/h3-16,24H,1-2H3. The maximum Gasteiger partial charge on any atom is 0.0406 e. The molecule has 1 unspecified atom stereocenters. The van der Waals surface area contributed by atoms with Crippen LogP contribution in [0.1, 0.15) is 36.5 Å². The van der Waals surface area contributed by atoms with Gasteiger partial charge in [0.1, 0.15) is 0 Å². The second kappa shape index (κ2) is 6.65. The Hall–Kier alpha value is -2.53. The van der Waals surface area contributed by atoms with Crippen molar-refractivity contribution in [1.29, 1.82) is 0 Å². The first kappa shape index (κ1) is 16.9. The predicted molar refractivity (Wildman–Crippen MR) is 110 cm³/mol. The highest BCUT2D eigenvalue weighted by Crippen LogP contribution is 2.63. The molecular formula is C25H21Cl. The fraction of sp³-hybridized carbons (Fsp3) is 0.160. The molecule has 0 saturated heterocycles. The quantitative estimate of drug-likeness (QED) is 0.438. The molecule has 1 atom stereocenters. The number of hydrogen-bond donors (Lipinski definition) is 0. The summed E-state index contributed by atoms with van der Waals surface area (Å²) >= 11 is 6.06. The molecule has 3 aromatic carbocycles. The Bertz CT molecular complexity index is 932. The van der Waals surface area contributed by atoms with E-state index in [9.17, 15) is 0 Å². The van der Waals surface area contributed by atoms with Crippen LogP contribution in [0.4, 0.5) is 0 Å². The maximum atomic E-state index is 6.06. The largest absolute Gasteiger partial charge is 0.111 e. The molecule has 1 aliphatic rings. The van der Waals surface area contributed by atoms with Crippen molar-refractivity contribution in [3.8, 4) is 0 Å². The van der Waals surface area contributed by atoms with Gasteiger partial charge in [0.2, 0.25) is 0 Å².